The number of carbonyl (C=O) groups excluding carboxylic acids is 1. The van der Waals surface area contributed by atoms with Crippen molar-refractivity contribution in [2.75, 3.05) is 6.54 Å². The van der Waals surface area contributed by atoms with Crippen LogP contribution in [0, 0.1) is 10.1 Å². The highest BCUT2D eigenvalue weighted by molar-refractivity contribution is 8.26. The van der Waals surface area contributed by atoms with Crippen LogP contribution in [-0.2, 0) is 4.79 Å². The Morgan fingerprint density at radius 1 is 1.20 bits per heavy atom. The highest BCUT2D eigenvalue weighted by atomic mass is 32.2. The average molecular weight is 437 g/mol. The standard InChI is InChI=1S/C21H16N4O3S2/c1-2-23-20(26)18(30-21(23)29)12-15-13-24(16-8-4-3-5-9-16)22-19(15)14-7-6-10-17(11-14)25(27)28/h3-13H,2H2,1H3/b18-12-. The Bertz CT molecular complexity index is 1190. The maximum atomic E-state index is 12.7. The van der Waals surface area contributed by atoms with Crippen molar-refractivity contribution in [2.24, 2.45) is 0 Å². The molecule has 30 heavy (non-hydrogen) atoms. The molecular formula is C21H16N4O3S2. The van der Waals surface area contributed by atoms with Gasteiger partial charge in [0.15, 0.2) is 0 Å². The molecule has 1 aliphatic heterocycles. The molecule has 0 atom stereocenters. The number of likely N-dealkylation sites (N-methyl/N-ethyl adjacent to an activating group) is 1. The van der Waals surface area contributed by atoms with Crippen molar-refractivity contribution in [2.45, 2.75) is 6.92 Å². The van der Waals surface area contributed by atoms with Crippen molar-refractivity contribution in [1.82, 2.24) is 14.7 Å². The van der Waals surface area contributed by atoms with Crippen molar-refractivity contribution in [3.05, 3.63) is 81.4 Å². The zero-order valence-electron chi connectivity index (χ0n) is 15.9. The predicted octanol–water partition coefficient (Wildman–Crippen LogP) is 4.67. The molecule has 3 aromatic rings. The molecule has 0 radical (unpaired) electrons. The minimum Gasteiger partial charge on any atom is -0.293 e. The van der Waals surface area contributed by atoms with Gasteiger partial charge >= 0.3 is 0 Å². The second kappa shape index (κ2) is 8.21. The Morgan fingerprint density at radius 3 is 2.63 bits per heavy atom. The van der Waals surface area contributed by atoms with Crippen molar-refractivity contribution < 1.29 is 9.72 Å². The maximum Gasteiger partial charge on any atom is 0.270 e. The van der Waals surface area contributed by atoms with E-state index < -0.39 is 4.92 Å². The zero-order valence-corrected chi connectivity index (χ0v) is 17.5. The van der Waals surface area contributed by atoms with Crippen LogP contribution in [0.25, 0.3) is 23.0 Å². The number of para-hydroxylation sites is 1. The molecule has 0 saturated carbocycles. The van der Waals surface area contributed by atoms with Crippen LogP contribution in [0.15, 0.2) is 65.7 Å². The summed E-state index contributed by atoms with van der Waals surface area (Å²) in [7, 11) is 0. The molecule has 0 bridgehead atoms. The fourth-order valence-electron chi connectivity index (χ4n) is 3.11. The number of thioether (sulfide) groups is 1. The first kappa shape index (κ1) is 20.0. The minimum atomic E-state index is -0.441. The molecule has 0 spiro atoms. The summed E-state index contributed by atoms with van der Waals surface area (Å²) in [6, 6.07) is 15.8. The summed E-state index contributed by atoms with van der Waals surface area (Å²) in [4.78, 5) is 25.5. The van der Waals surface area contributed by atoms with E-state index in [1.165, 1.54) is 23.9 Å². The van der Waals surface area contributed by atoms with Gasteiger partial charge in [-0.3, -0.25) is 19.8 Å². The molecule has 1 amide bonds. The molecule has 2 heterocycles. The fourth-order valence-corrected chi connectivity index (χ4v) is 4.49. The van der Waals surface area contributed by atoms with Crippen molar-refractivity contribution in [3.8, 4) is 16.9 Å². The Morgan fingerprint density at radius 2 is 1.97 bits per heavy atom. The SMILES string of the molecule is CCN1C(=O)/C(=C/c2cn(-c3ccccc3)nc2-c2cccc([N+](=O)[O-])c2)SC1=S. The number of thiocarbonyl (C=S) groups is 1. The third-order valence-electron chi connectivity index (χ3n) is 4.57. The number of hydrogen-bond donors (Lipinski definition) is 0. The number of non-ortho nitro benzene ring substituents is 1. The second-order valence-electron chi connectivity index (χ2n) is 6.45. The Balaban J connectivity index is 1.85. The molecule has 0 N–H and O–H groups in total. The van der Waals surface area contributed by atoms with Crippen LogP contribution < -0.4 is 0 Å². The Kier molecular flexibility index (Phi) is 5.47. The first-order chi connectivity index (χ1) is 14.5. The molecule has 0 unspecified atom stereocenters. The lowest BCUT2D eigenvalue weighted by Gasteiger charge is -2.09. The number of benzene rings is 2. The summed E-state index contributed by atoms with van der Waals surface area (Å²) in [6.07, 6.45) is 3.55. The van der Waals surface area contributed by atoms with Gasteiger partial charge in [0.25, 0.3) is 11.6 Å². The van der Waals surface area contributed by atoms with Gasteiger partial charge in [-0.2, -0.15) is 5.10 Å². The molecule has 9 heteroatoms. The number of nitro groups is 1. The van der Waals surface area contributed by atoms with Crippen molar-refractivity contribution in [1.29, 1.82) is 0 Å². The summed E-state index contributed by atoms with van der Waals surface area (Å²) in [6.45, 7) is 2.37. The number of aromatic nitrogens is 2. The molecule has 7 nitrogen and oxygen atoms in total. The highest BCUT2D eigenvalue weighted by Gasteiger charge is 2.31. The van der Waals surface area contributed by atoms with E-state index in [-0.39, 0.29) is 11.6 Å². The van der Waals surface area contributed by atoms with Gasteiger partial charge in [0.05, 0.1) is 15.5 Å². The molecule has 0 aliphatic carbocycles. The lowest BCUT2D eigenvalue weighted by molar-refractivity contribution is -0.384. The van der Waals surface area contributed by atoms with Gasteiger partial charge in [-0.25, -0.2) is 4.68 Å². The molecule has 2 aromatic carbocycles. The van der Waals surface area contributed by atoms with Crippen LogP contribution in [0.2, 0.25) is 0 Å². The Hall–Kier alpha value is -3.30. The van der Waals surface area contributed by atoms with E-state index in [1.54, 1.807) is 27.8 Å². The number of rotatable bonds is 5. The van der Waals surface area contributed by atoms with Crippen LogP contribution in [0.1, 0.15) is 12.5 Å². The Labute approximate surface area is 182 Å². The van der Waals surface area contributed by atoms with Crippen LogP contribution in [0.5, 0.6) is 0 Å². The summed E-state index contributed by atoms with van der Waals surface area (Å²) in [5, 5.41) is 15.9. The lowest BCUT2D eigenvalue weighted by atomic mass is 10.1. The number of hydrogen-bond acceptors (Lipinski definition) is 6. The lowest BCUT2D eigenvalue weighted by Crippen LogP contribution is -2.27. The van der Waals surface area contributed by atoms with Crippen molar-refractivity contribution >= 4 is 46.0 Å². The van der Waals surface area contributed by atoms with Gasteiger partial charge in [-0.05, 0) is 25.1 Å². The first-order valence-electron chi connectivity index (χ1n) is 9.13. The van der Waals surface area contributed by atoms with Gasteiger partial charge < -0.3 is 0 Å². The summed E-state index contributed by atoms with van der Waals surface area (Å²) in [5.74, 6) is -0.148. The summed E-state index contributed by atoms with van der Waals surface area (Å²) in [5.41, 5.74) is 2.63. The van der Waals surface area contributed by atoms with Crippen molar-refractivity contribution in [3.63, 3.8) is 0 Å². The second-order valence-corrected chi connectivity index (χ2v) is 8.12. The largest absolute Gasteiger partial charge is 0.293 e. The number of amides is 1. The van der Waals surface area contributed by atoms with Gasteiger partial charge in [0, 0.05) is 36.0 Å². The third-order valence-corrected chi connectivity index (χ3v) is 5.95. The summed E-state index contributed by atoms with van der Waals surface area (Å²) < 4.78 is 2.21. The first-order valence-corrected chi connectivity index (χ1v) is 10.4. The number of nitrogens with zero attached hydrogens (tertiary/aromatic N) is 4. The highest BCUT2D eigenvalue weighted by Crippen LogP contribution is 2.35. The quantitative estimate of drug-likeness (QED) is 0.250. The molecule has 1 aromatic heterocycles. The number of nitro benzene ring substituents is 1. The maximum absolute atomic E-state index is 12.7. The molecular weight excluding hydrogens is 420 g/mol. The smallest absolute Gasteiger partial charge is 0.270 e. The monoisotopic (exact) mass is 436 g/mol. The zero-order chi connectivity index (χ0) is 21.3. The predicted molar refractivity (Wildman–Crippen MR) is 121 cm³/mol. The van der Waals surface area contributed by atoms with E-state index in [1.807, 2.05) is 43.5 Å². The van der Waals surface area contributed by atoms with Gasteiger partial charge in [0.1, 0.15) is 10.0 Å². The molecule has 1 fully saturated rings. The van der Waals surface area contributed by atoms with Crippen LogP contribution in [0.3, 0.4) is 0 Å². The average Bonchev–Trinajstić information content (AvgIpc) is 3.29. The van der Waals surface area contributed by atoms with Crippen LogP contribution in [0.4, 0.5) is 5.69 Å². The fraction of sp³-hybridized carbons (Fsp3) is 0.0952. The summed E-state index contributed by atoms with van der Waals surface area (Å²) >= 11 is 6.54. The van der Waals surface area contributed by atoms with Crippen LogP contribution >= 0.6 is 24.0 Å². The normalized spacial score (nSPS) is 15.2. The van der Waals surface area contributed by atoms with E-state index in [2.05, 4.69) is 5.10 Å². The van der Waals surface area contributed by atoms with E-state index >= 15 is 0 Å². The molecule has 4 rings (SSSR count). The molecule has 150 valence electrons. The van der Waals surface area contributed by atoms with E-state index in [0.717, 1.165) is 5.69 Å². The van der Waals surface area contributed by atoms with Gasteiger partial charge in [0.2, 0.25) is 0 Å². The van der Waals surface area contributed by atoms with Gasteiger partial charge in [-0.15, -0.1) is 0 Å². The van der Waals surface area contributed by atoms with Crippen LogP contribution in [-0.4, -0.2) is 36.4 Å². The van der Waals surface area contributed by atoms with E-state index in [4.69, 9.17) is 12.2 Å². The molecule has 1 aliphatic rings. The van der Waals surface area contributed by atoms with E-state index in [9.17, 15) is 14.9 Å². The van der Waals surface area contributed by atoms with E-state index in [0.29, 0.717) is 32.6 Å². The number of carbonyl (C=O) groups is 1. The third kappa shape index (κ3) is 3.77. The van der Waals surface area contributed by atoms with Gasteiger partial charge in [-0.1, -0.05) is 54.3 Å². The molecule has 1 saturated heterocycles. The minimum absolute atomic E-state index is 0.0231. The topological polar surface area (TPSA) is 81.3 Å².